The maximum absolute atomic E-state index is 13.7. The van der Waals surface area contributed by atoms with Gasteiger partial charge in [0.25, 0.3) is 12.2 Å². The van der Waals surface area contributed by atoms with E-state index in [9.17, 15) is 58.2 Å². The Bertz CT molecular complexity index is 3660. The van der Waals surface area contributed by atoms with Gasteiger partial charge in [-0.3, -0.25) is 29.0 Å². The highest BCUT2D eigenvalue weighted by molar-refractivity contribution is 7.66. The molecule has 5 aromatic rings. The molecule has 2 aromatic heterocycles. The minimum Gasteiger partial charge on any atom is -0.508 e. The van der Waals surface area contributed by atoms with Crippen LogP contribution in [0.1, 0.15) is 72.5 Å². The van der Waals surface area contributed by atoms with Crippen molar-refractivity contribution < 1.29 is 89.8 Å². The molecular weight excluding hydrogens is 1060 g/mol. The van der Waals surface area contributed by atoms with Crippen LogP contribution < -0.4 is 15.9 Å². The van der Waals surface area contributed by atoms with Crippen molar-refractivity contribution in [3.05, 3.63) is 128 Å². The molecule has 8 N–H and O–H groups in total. The molecule has 0 saturated carbocycles. The summed E-state index contributed by atoms with van der Waals surface area (Å²) >= 11 is 0. The molecule has 0 amide bonds. The third-order valence-electron chi connectivity index (χ3n) is 11.7. The molecule has 0 radical (unpaired) electrons. The molecule has 8 rings (SSSR count). The van der Waals surface area contributed by atoms with E-state index in [0.29, 0.717) is 33.0 Å². The highest BCUT2D eigenvalue weighted by atomic mass is 31.3. The molecule has 1 fully saturated rings. The molecule has 3 aromatic carbocycles. The van der Waals surface area contributed by atoms with Crippen molar-refractivity contribution in [2.75, 3.05) is 12.3 Å². The molecule has 26 nitrogen and oxygen atoms in total. The number of aromatic nitrogens is 3. The molecule has 0 bridgehead atoms. The standard InChI is InChI=1S/C47H44N5O21P3/c1-25(2)45(67-21-28-20-51(47-43(28)46(48)49-23-50-47)42-19-37(57)41(71-42)22-69-75(63,64)73-76(65,66)72-74(60,61)62)31-11-7-26(15-35(31)52(58)59)5-3-4-6-36(56)27-8-14-38(68-24-53)34(16-27)44-32-12-9-29(54)17-39(32)70-40-18-30(55)10-13-33(40)44/h7-18,20,23-25,37,41-42,45,54,57H,4,6,19,21-22H2,1-2H3,(H,63,64)(H,65,66)(H2,48,49,50)(H2,60,61,62)/t37-,41-,42-,45-/m1/s1. The lowest BCUT2D eigenvalue weighted by Crippen LogP contribution is -2.26. The van der Waals surface area contributed by atoms with Gasteiger partial charge in [-0.05, 0) is 60.5 Å². The quantitative estimate of drug-likeness (QED) is 0.00771. The Kier molecular flexibility index (Phi) is 16.2. The van der Waals surface area contributed by atoms with Crippen LogP contribution in [0.5, 0.6) is 11.5 Å². The lowest BCUT2D eigenvalue weighted by atomic mass is 9.91. The molecule has 2 unspecified atom stereocenters. The number of nitrogens with two attached hydrogens (primary N) is 1. The number of phosphoric ester groups is 1. The number of nitrogen functional groups attached to an aromatic ring is 1. The van der Waals surface area contributed by atoms with Crippen LogP contribution in [0, 0.1) is 27.9 Å². The number of phenolic OH excluding ortho intramolecular Hbond substituents is 1. The number of carbonyl (C=O) groups excluding carboxylic acids is 2. The van der Waals surface area contributed by atoms with Crippen LogP contribution in [0.4, 0.5) is 11.5 Å². The second kappa shape index (κ2) is 22.3. The zero-order valence-electron chi connectivity index (χ0n) is 39.6. The van der Waals surface area contributed by atoms with Crippen molar-refractivity contribution in [1.29, 1.82) is 0 Å². The lowest BCUT2D eigenvalue weighted by Gasteiger charge is -2.22. The van der Waals surface area contributed by atoms with E-state index in [1.54, 1.807) is 38.1 Å². The van der Waals surface area contributed by atoms with Gasteiger partial charge >= 0.3 is 23.5 Å². The van der Waals surface area contributed by atoms with Crippen LogP contribution in [0.3, 0.4) is 0 Å². The summed E-state index contributed by atoms with van der Waals surface area (Å²) in [5.74, 6) is 5.34. The summed E-state index contributed by atoms with van der Waals surface area (Å²) in [7, 11) is -17.0. The van der Waals surface area contributed by atoms with E-state index in [1.165, 1.54) is 59.3 Å². The normalized spacial score (nSPS) is 17.8. The molecule has 398 valence electrons. The van der Waals surface area contributed by atoms with Gasteiger partial charge in [0.2, 0.25) is 0 Å². The Morgan fingerprint density at radius 3 is 2.50 bits per heavy atom. The number of nitrogens with zero attached hydrogens (tertiary/aromatic N) is 4. The highest BCUT2D eigenvalue weighted by Crippen LogP contribution is 2.66. The van der Waals surface area contributed by atoms with Crippen molar-refractivity contribution in [3.8, 4) is 45.8 Å². The number of carbonyl (C=O) groups is 2. The number of phosphoric acid groups is 3. The summed E-state index contributed by atoms with van der Waals surface area (Å²) in [5.41, 5.74) is 8.48. The van der Waals surface area contributed by atoms with Gasteiger partial charge in [-0.25, -0.2) is 23.7 Å². The number of aromatic hydroxyl groups is 1. The van der Waals surface area contributed by atoms with E-state index in [4.69, 9.17) is 34.1 Å². The summed E-state index contributed by atoms with van der Waals surface area (Å²) in [5, 5.41) is 34.4. The van der Waals surface area contributed by atoms with Crippen LogP contribution in [-0.2, 0) is 47.7 Å². The first-order chi connectivity index (χ1) is 35.9. The Hall–Kier alpha value is -7.04. The smallest absolute Gasteiger partial charge is 0.490 e. The number of ketones is 1. The number of anilines is 1. The first-order valence-electron chi connectivity index (χ1n) is 22.5. The number of hydrogen-bond donors (Lipinski definition) is 7. The highest BCUT2D eigenvalue weighted by Gasteiger charge is 2.43. The van der Waals surface area contributed by atoms with Crippen LogP contribution in [0.25, 0.3) is 44.5 Å². The van der Waals surface area contributed by atoms with Crippen molar-refractivity contribution in [2.24, 2.45) is 5.92 Å². The molecule has 3 aliphatic rings. The average molecular weight is 1110 g/mol. The molecular formula is C47H44N5O21P3. The predicted molar refractivity (Wildman–Crippen MR) is 265 cm³/mol. The first kappa shape index (κ1) is 55.2. The van der Waals surface area contributed by atoms with Crippen molar-refractivity contribution >= 4 is 69.2 Å². The number of fused-ring (bicyclic) bond motifs is 3. The van der Waals surface area contributed by atoms with Crippen LogP contribution in [-0.4, -0.2) is 80.3 Å². The minimum atomic E-state index is -5.80. The van der Waals surface area contributed by atoms with Gasteiger partial charge in [0, 0.05) is 82.4 Å². The maximum Gasteiger partial charge on any atom is 0.490 e. The van der Waals surface area contributed by atoms with Gasteiger partial charge in [-0.1, -0.05) is 25.7 Å². The van der Waals surface area contributed by atoms with E-state index in [2.05, 4.69) is 35.0 Å². The zero-order chi connectivity index (χ0) is 54.9. The van der Waals surface area contributed by atoms with Crippen LogP contribution in [0.2, 0.25) is 0 Å². The number of hydrogen-bond acceptors (Lipinski definition) is 20. The van der Waals surface area contributed by atoms with Crippen molar-refractivity contribution in [3.63, 3.8) is 0 Å². The number of aliphatic hydroxyl groups excluding tert-OH is 1. The SMILES string of the molecule is CC(C)[C@@H](OCc1cn([C@H]2C[C@@H](O)[C@@H](COP(=O)(O)OP(=O)(O)OP(=O)(O)O)O2)c2ncnc(N)c12)c1ccc(C#CCCC(=O)c2ccc(OC=O)c(-c3c4ccc(=O)cc-4oc4cc(O)ccc34)c2)cc1[N+](=O)[O-]. The van der Waals surface area contributed by atoms with E-state index < -0.39 is 59.5 Å². The van der Waals surface area contributed by atoms with E-state index >= 15 is 0 Å². The number of nitro benzene ring substituents is 1. The van der Waals surface area contributed by atoms with Gasteiger partial charge in [-0.2, -0.15) is 8.62 Å². The summed E-state index contributed by atoms with van der Waals surface area (Å²) in [6.45, 7) is 2.68. The predicted octanol–water partition coefficient (Wildman–Crippen LogP) is 6.96. The number of rotatable bonds is 20. The Labute approximate surface area is 428 Å². The third-order valence-corrected chi connectivity index (χ3v) is 15.5. The number of phenols is 1. The second-order valence-corrected chi connectivity index (χ2v) is 21.7. The van der Waals surface area contributed by atoms with E-state index in [1.807, 2.05) is 0 Å². The fraction of sp³-hybridized carbons (Fsp3) is 0.255. The zero-order valence-corrected chi connectivity index (χ0v) is 42.3. The van der Waals surface area contributed by atoms with E-state index in [0.717, 1.165) is 6.33 Å². The molecule has 29 heteroatoms. The number of ether oxygens (including phenoxy) is 3. The Morgan fingerprint density at radius 1 is 1.00 bits per heavy atom. The Morgan fingerprint density at radius 2 is 1.78 bits per heavy atom. The second-order valence-electron chi connectivity index (χ2n) is 17.3. The monoisotopic (exact) mass is 1110 g/mol. The maximum atomic E-state index is 13.7. The topological polar surface area (TPSA) is 392 Å². The summed E-state index contributed by atoms with van der Waals surface area (Å²) in [6, 6.07) is 17.4. The number of nitro groups is 1. The van der Waals surface area contributed by atoms with Crippen molar-refractivity contribution in [1.82, 2.24) is 14.5 Å². The van der Waals surface area contributed by atoms with Gasteiger partial charge in [0.15, 0.2) is 11.2 Å². The largest absolute Gasteiger partial charge is 0.508 e. The molecule has 4 heterocycles. The molecule has 6 atom stereocenters. The number of benzene rings is 4. The summed E-state index contributed by atoms with van der Waals surface area (Å²) < 4.78 is 72.1. The lowest BCUT2D eigenvalue weighted by molar-refractivity contribution is -0.386. The number of Topliss-reactive ketones (excluding diaryl/α,β-unsaturated/α-hetero) is 1. The minimum absolute atomic E-state index is 0.0168. The average Bonchev–Trinajstić information content (AvgIpc) is 3.91. The molecule has 0 spiro atoms. The fourth-order valence-corrected chi connectivity index (χ4v) is 11.6. The van der Waals surface area contributed by atoms with Crippen LogP contribution >= 0.6 is 23.5 Å². The summed E-state index contributed by atoms with van der Waals surface area (Å²) in [4.78, 5) is 94.8. The molecule has 1 aliphatic carbocycles. The molecule has 1 saturated heterocycles. The third kappa shape index (κ3) is 12.6. The molecule has 2 aliphatic heterocycles. The van der Waals surface area contributed by atoms with Gasteiger partial charge in [0.05, 0.1) is 41.3 Å². The van der Waals surface area contributed by atoms with Gasteiger partial charge in [0.1, 0.15) is 53.0 Å². The van der Waals surface area contributed by atoms with Gasteiger partial charge < -0.3 is 58.7 Å². The van der Waals surface area contributed by atoms with Crippen molar-refractivity contribution in [2.45, 2.75) is 64.3 Å². The van der Waals surface area contributed by atoms with Crippen LogP contribution in [0.15, 0.2) is 94.5 Å². The fourth-order valence-electron chi connectivity index (χ4n) is 8.55. The first-order valence-corrected chi connectivity index (χ1v) is 27.0. The Balaban J connectivity index is 0.965. The van der Waals surface area contributed by atoms with E-state index in [-0.39, 0.29) is 106 Å². The molecule has 76 heavy (non-hydrogen) atoms. The van der Waals surface area contributed by atoms with Gasteiger partial charge in [-0.15, -0.1) is 0 Å². The number of aliphatic hydroxyl groups is 1. The summed E-state index contributed by atoms with van der Waals surface area (Å²) in [6.07, 6.45) is -2.18.